The van der Waals surface area contributed by atoms with Gasteiger partial charge in [0.15, 0.2) is 0 Å². The zero-order valence-corrected chi connectivity index (χ0v) is 11.7. The molecule has 1 aliphatic carbocycles. The molecule has 0 amide bonds. The fourth-order valence-electron chi connectivity index (χ4n) is 2.84. The van der Waals surface area contributed by atoms with Crippen LogP contribution in [-0.2, 0) is 7.05 Å². The molecule has 0 aromatic carbocycles. The van der Waals surface area contributed by atoms with Crippen LogP contribution in [0.4, 0.5) is 8.78 Å². The van der Waals surface area contributed by atoms with Gasteiger partial charge in [0.05, 0.1) is 6.04 Å². The van der Waals surface area contributed by atoms with Crippen molar-refractivity contribution in [3.05, 3.63) is 18.2 Å². The lowest BCUT2D eigenvalue weighted by atomic mass is 9.81. The summed E-state index contributed by atoms with van der Waals surface area (Å²) in [5.41, 5.74) is 0. The molecule has 2 rings (SSSR count). The summed E-state index contributed by atoms with van der Waals surface area (Å²) in [7, 11) is 1.96. The lowest BCUT2D eigenvalue weighted by Gasteiger charge is -2.34. The van der Waals surface area contributed by atoms with Crippen LogP contribution < -0.4 is 5.32 Å². The third-order valence-corrected chi connectivity index (χ3v) is 3.98. The summed E-state index contributed by atoms with van der Waals surface area (Å²) in [5, 5.41) is 3.48. The molecule has 108 valence electrons. The summed E-state index contributed by atoms with van der Waals surface area (Å²) in [4.78, 5) is 4.39. The first-order chi connectivity index (χ1) is 9.03. The number of hydrogen-bond acceptors (Lipinski definition) is 2. The van der Waals surface area contributed by atoms with Crippen LogP contribution in [0.1, 0.15) is 50.9 Å². The summed E-state index contributed by atoms with van der Waals surface area (Å²) in [6.07, 6.45) is 5.87. The lowest BCUT2D eigenvalue weighted by molar-refractivity contribution is -0.0501. The average molecular weight is 271 g/mol. The molecule has 1 fully saturated rings. The predicted molar refractivity (Wildman–Crippen MR) is 71.1 cm³/mol. The van der Waals surface area contributed by atoms with Crippen LogP contribution in [0.15, 0.2) is 12.4 Å². The summed E-state index contributed by atoms with van der Waals surface area (Å²) in [5.74, 6) is -1.25. The zero-order valence-electron chi connectivity index (χ0n) is 11.7. The van der Waals surface area contributed by atoms with Crippen LogP contribution in [0, 0.1) is 5.92 Å². The van der Waals surface area contributed by atoms with Gasteiger partial charge < -0.3 is 9.88 Å². The first-order valence-corrected chi connectivity index (χ1v) is 7.12. The highest BCUT2D eigenvalue weighted by atomic mass is 19.3. The quantitative estimate of drug-likeness (QED) is 0.890. The number of imidazole rings is 1. The first-order valence-electron chi connectivity index (χ1n) is 7.12. The van der Waals surface area contributed by atoms with Gasteiger partial charge in [-0.05, 0) is 31.7 Å². The van der Waals surface area contributed by atoms with Crippen LogP contribution in [-0.4, -0.2) is 22.0 Å². The molecule has 1 N–H and O–H groups in total. The molecule has 3 nitrogen and oxygen atoms in total. The van der Waals surface area contributed by atoms with Gasteiger partial charge in [0.1, 0.15) is 5.82 Å². The maximum Gasteiger partial charge on any atom is 0.248 e. The summed E-state index contributed by atoms with van der Waals surface area (Å²) < 4.78 is 28.5. The van der Waals surface area contributed by atoms with Crippen LogP contribution in [0.3, 0.4) is 0 Å². The third kappa shape index (κ3) is 3.53. The maximum atomic E-state index is 13.3. The number of hydrogen-bond donors (Lipinski definition) is 1. The van der Waals surface area contributed by atoms with E-state index >= 15 is 0 Å². The van der Waals surface area contributed by atoms with Crippen molar-refractivity contribution in [2.45, 2.75) is 51.0 Å². The molecule has 0 aliphatic heterocycles. The summed E-state index contributed by atoms with van der Waals surface area (Å²) >= 11 is 0. The van der Waals surface area contributed by atoms with Crippen molar-refractivity contribution in [2.75, 3.05) is 6.54 Å². The minimum absolute atomic E-state index is 0.00634. The maximum absolute atomic E-state index is 13.3. The van der Waals surface area contributed by atoms with E-state index in [0.717, 1.165) is 18.8 Å². The Bertz CT molecular complexity index is 393. The van der Waals surface area contributed by atoms with Crippen LogP contribution in [0.5, 0.6) is 0 Å². The van der Waals surface area contributed by atoms with Crippen molar-refractivity contribution in [1.82, 2.24) is 14.9 Å². The molecule has 1 aromatic rings. The highest BCUT2D eigenvalue weighted by Gasteiger charge is 2.38. The summed E-state index contributed by atoms with van der Waals surface area (Å²) in [6.45, 7) is 3.00. The standard InChI is InChI=1S/C14H23F2N3/c1-3-8-17-12(13-18-9-10-19(13)2)11-4-6-14(15,16)7-5-11/h9-12,17H,3-8H2,1-2H3. The van der Waals surface area contributed by atoms with E-state index in [1.165, 1.54) is 0 Å². The molecule has 1 heterocycles. The van der Waals surface area contributed by atoms with Crippen molar-refractivity contribution >= 4 is 0 Å². The molecule has 1 unspecified atom stereocenters. The number of nitrogens with zero attached hydrogens (tertiary/aromatic N) is 2. The van der Waals surface area contributed by atoms with E-state index < -0.39 is 5.92 Å². The van der Waals surface area contributed by atoms with Gasteiger partial charge in [-0.15, -0.1) is 0 Å². The van der Waals surface area contributed by atoms with Gasteiger partial charge in [-0.25, -0.2) is 13.8 Å². The minimum Gasteiger partial charge on any atom is -0.337 e. The SMILES string of the molecule is CCCNC(c1nccn1C)C1CCC(F)(F)CC1. The normalized spacial score (nSPS) is 21.5. The molecule has 0 bridgehead atoms. The predicted octanol–water partition coefficient (Wildman–Crippen LogP) is 3.29. The number of aryl methyl sites for hydroxylation is 1. The number of alkyl halides is 2. The second-order valence-corrected chi connectivity index (χ2v) is 5.52. The molecule has 0 saturated heterocycles. The van der Waals surface area contributed by atoms with E-state index in [-0.39, 0.29) is 24.8 Å². The Balaban J connectivity index is 2.08. The van der Waals surface area contributed by atoms with Crippen LogP contribution in [0.25, 0.3) is 0 Å². The number of nitrogens with one attached hydrogen (secondary N) is 1. The van der Waals surface area contributed by atoms with Gasteiger partial charge in [0.2, 0.25) is 5.92 Å². The van der Waals surface area contributed by atoms with Crippen molar-refractivity contribution in [3.63, 3.8) is 0 Å². The van der Waals surface area contributed by atoms with Crippen molar-refractivity contribution in [1.29, 1.82) is 0 Å². The van der Waals surface area contributed by atoms with Crippen LogP contribution in [0.2, 0.25) is 0 Å². The number of halogens is 2. The van der Waals surface area contributed by atoms with E-state index in [0.29, 0.717) is 12.8 Å². The minimum atomic E-state index is -2.46. The Labute approximate surface area is 113 Å². The van der Waals surface area contributed by atoms with Gasteiger partial charge in [-0.3, -0.25) is 0 Å². The fourth-order valence-corrected chi connectivity index (χ4v) is 2.84. The third-order valence-electron chi connectivity index (χ3n) is 3.98. The molecular formula is C14H23F2N3. The first kappa shape index (κ1) is 14.4. The van der Waals surface area contributed by atoms with E-state index in [2.05, 4.69) is 17.2 Å². The molecule has 5 heteroatoms. The van der Waals surface area contributed by atoms with Gasteiger partial charge in [0.25, 0.3) is 0 Å². The number of aromatic nitrogens is 2. The van der Waals surface area contributed by atoms with Crippen molar-refractivity contribution < 1.29 is 8.78 Å². The smallest absolute Gasteiger partial charge is 0.248 e. The average Bonchev–Trinajstić information content (AvgIpc) is 2.78. The van der Waals surface area contributed by atoms with E-state index in [1.807, 2.05) is 17.8 Å². The van der Waals surface area contributed by atoms with Crippen molar-refractivity contribution in [3.8, 4) is 0 Å². The van der Waals surface area contributed by atoms with E-state index in [1.54, 1.807) is 6.20 Å². The molecule has 1 aromatic heterocycles. The second-order valence-electron chi connectivity index (χ2n) is 5.52. The Morgan fingerprint density at radius 1 is 1.47 bits per heavy atom. The van der Waals surface area contributed by atoms with Crippen LogP contribution >= 0.6 is 0 Å². The Hall–Kier alpha value is -0.970. The van der Waals surface area contributed by atoms with Gasteiger partial charge in [0, 0.05) is 32.3 Å². The molecule has 0 radical (unpaired) electrons. The second kappa shape index (κ2) is 5.99. The Morgan fingerprint density at radius 3 is 2.68 bits per heavy atom. The van der Waals surface area contributed by atoms with Crippen molar-refractivity contribution in [2.24, 2.45) is 13.0 Å². The largest absolute Gasteiger partial charge is 0.337 e. The van der Waals surface area contributed by atoms with Gasteiger partial charge in [-0.1, -0.05) is 6.92 Å². The van der Waals surface area contributed by atoms with Gasteiger partial charge in [-0.2, -0.15) is 0 Å². The van der Waals surface area contributed by atoms with E-state index in [4.69, 9.17) is 0 Å². The van der Waals surface area contributed by atoms with E-state index in [9.17, 15) is 8.78 Å². The molecule has 0 spiro atoms. The molecule has 1 atom stereocenters. The Morgan fingerprint density at radius 2 is 2.16 bits per heavy atom. The monoisotopic (exact) mass is 271 g/mol. The Kier molecular flexibility index (Phi) is 4.55. The molecule has 1 aliphatic rings. The highest BCUT2D eigenvalue weighted by molar-refractivity contribution is 5.02. The summed E-state index contributed by atoms with van der Waals surface area (Å²) in [6, 6.07) is 0.0936. The molecule has 19 heavy (non-hydrogen) atoms. The topological polar surface area (TPSA) is 29.9 Å². The lowest BCUT2D eigenvalue weighted by Crippen LogP contribution is -2.35. The fraction of sp³-hybridized carbons (Fsp3) is 0.786. The molecule has 1 saturated carbocycles. The highest BCUT2D eigenvalue weighted by Crippen LogP contribution is 2.40. The molecular weight excluding hydrogens is 248 g/mol. The number of rotatable bonds is 5. The zero-order chi connectivity index (χ0) is 13.9. The van der Waals surface area contributed by atoms with Gasteiger partial charge >= 0.3 is 0 Å².